The number of carbonyl (C=O) groups excluding carboxylic acids is 2. The monoisotopic (exact) mass is 832 g/mol. The summed E-state index contributed by atoms with van der Waals surface area (Å²) in [5, 5.41) is 2.91. The van der Waals surface area contributed by atoms with Crippen molar-refractivity contribution in [3.63, 3.8) is 0 Å². The van der Waals surface area contributed by atoms with E-state index in [-0.39, 0.29) is 11.9 Å². The van der Waals surface area contributed by atoms with E-state index in [2.05, 4.69) is 55.5 Å². The number of methoxy groups -OCH3 is 2. The van der Waals surface area contributed by atoms with E-state index in [9.17, 15) is 9.59 Å². The molecule has 45 heavy (non-hydrogen) atoms. The number of amides is 3. The number of urea groups is 1. The number of halogens is 2. The molecule has 9 nitrogen and oxygen atoms in total. The number of alkyl halides is 2. The molecule has 0 aliphatic carbocycles. The number of hydrogen-bond donors (Lipinski definition) is 1. The average Bonchev–Trinajstić information content (AvgIpc) is 3.07. The maximum Gasteiger partial charge on any atom is 0.324 e. The highest BCUT2D eigenvalue weighted by Crippen LogP contribution is 2.32. The Hall–Kier alpha value is -3.59. The Kier molecular flexibility index (Phi) is 11.0. The highest BCUT2D eigenvalue weighted by Gasteiger charge is 2.27. The van der Waals surface area contributed by atoms with E-state index >= 15 is 0 Å². The van der Waals surface area contributed by atoms with E-state index in [1.54, 1.807) is 37.4 Å². The van der Waals surface area contributed by atoms with E-state index in [1.807, 2.05) is 66.4 Å². The maximum absolute atomic E-state index is 13.5. The number of anilines is 2. The largest absolute Gasteiger partial charge is 0.493 e. The minimum absolute atomic E-state index is 0.0464. The van der Waals surface area contributed by atoms with Crippen LogP contribution in [0.15, 0.2) is 72.9 Å². The van der Waals surface area contributed by atoms with Crippen molar-refractivity contribution in [1.82, 2.24) is 9.88 Å². The Morgan fingerprint density at radius 2 is 1.67 bits per heavy atom. The van der Waals surface area contributed by atoms with Gasteiger partial charge in [-0.15, -0.1) is 0 Å². The molecule has 1 aliphatic heterocycles. The minimum atomic E-state index is -0.183. The highest BCUT2D eigenvalue weighted by molar-refractivity contribution is 14.1. The van der Waals surface area contributed by atoms with Gasteiger partial charge < -0.3 is 24.4 Å². The van der Waals surface area contributed by atoms with Crippen LogP contribution in [0.4, 0.5) is 16.2 Å². The highest BCUT2D eigenvalue weighted by atomic mass is 127. The van der Waals surface area contributed by atoms with Gasteiger partial charge in [-0.05, 0) is 84.1 Å². The number of nitrogens with one attached hydrogen (secondary N) is 1. The SMILES string of the molecule is COc1ccc(CN2CCCN(c3ccc(Oc4ccc(NC(=O)c5ccc(CI)c(CI)c5)cn4)c(C)c3)C2=O)cc1OC. The van der Waals surface area contributed by atoms with Crippen LogP contribution in [-0.4, -0.2) is 49.1 Å². The van der Waals surface area contributed by atoms with Gasteiger partial charge in [0.05, 0.1) is 26.1 Å². The Balaban J connectivity index is 1.21. The van der Waals surface area contributed by atoms with Crippen molar-refractivity contribution in [2.45, 2.75) is 28.7 Å². The molecule has 0 saturated carbocycles. The van der Waals surface area contributed by atoms with Gasteiger partial charge in [-0.3, -0.25) is 9.69 Å². The second kappa shape index (κ2) is 15.1. The van der Waals surface area contributed by atoms with Gasteiger partial charge in [0.1, 0.15) is 5.75 Å². The third kappa shape index (κ3) is 7.80. The molecule has 1 aromatic heterocycles. The molecule has 3 aromatic carbocycles. The molecule has 1 fully saturated rings. The number of aromatic nitrogens is 1. The topological polar surface area (TPSA) is 93.2 Å². The summed E-state index contributed by atoms with van der Waals surface area (Å²) in [6.07, 6.45) is 2.43. The fourth-order valence-electron chi connectivity index (χ4n) is 5.14. The zero-order chi connectivity index (χ0) is 31.9. The summed E-state index contributed by atoms with van der Waals surface area (Å²) in [4.78, 5) is 34.4. The van der Waals surface area contributed by atoms with Crippen LogP contribution in [0.5, 0.6) is 23.1 Å². The third-order valence-corrected chi connectivity index (χ3v) is 9.21. The summed E-state index contributed by atoms with van der Waals surface area (Å²) in [7, 11) is 3.20. The summed E-state index contributed by atoms with van der Waals surface area (Å²) in [6.45, 7) is 3.73. The molecule has 0 spiro atoms. The lowest BCUT2D eigenvalue weighted by Crippen LogP contribution is -2.49. The molecular weight excluding hydrogens is 798 g/mol. The first-order valence-electron chi connectivity index (χ1n) is 14.4. The van der Waals surface area contributed by atoms with Crippen molar-refractivity contribution in [2.75, 3.05) is 37.5 Å². The van der Waals surface area contributed by atoms with Crippen molar-refractivity contribution in [1.29, 1.82) is 0 Å². The number of pyridine rings is 1. The zero-order valence-corrected chi connectivity index (χ0v) is 29.6. The molecule has 0 atom stereocenters. The van der Waals surface area contributed by atoms with Crippen molar-refractivity contribution < 1.29 is 23.8 Å². The van der Waals surface area contributed by atoms with Crippen LogP contribution >= 0.6 is 45.2 Å². The summed E-state index contributed by atoms with van der Waals surface area (Å²) in [6, 6.07) is 20.7. The third-order valence-electron chi connectivity index (χ3n) is 7.57. The van der Waals surface area contributed by atoms with Gasteiger partial charge in [0.2, 0.25) is 5.88 Å². The first-order chi connectivity index (χ1) is 21.8. The molecule has 1 saturated heterocycles. The summed E-state index contributed by atoms with van der Waals surface area (Å²) in [5.41, 5.74) is 6.25. The van der Waals surface area contributed by atoms with Gasteiger partial charge in [-0.2, -0.15) is 0 Å². The first kappa shape index (κ1) is 32.8. The molecule has 0 radical (unpaired) electrons. The molecular formula is C34H34I2N4O5. The van der Waals surface area contributed by atoms with E-state index in [0.29, 0.717) is 54.0 Å². The lowest BCUT2D eigenvalue weighted by atomic mass is 10.1. The summed E-state index contributed by atoms with van der Waals surface area (Å²) < 4.78 is 18.6. The fourth-order valence-corrected chi connectivity index (χ4v) is 6.59. The molecule has 234 valence electrons. The predicted molar refractivity (Wildman–Crippen MR) is 193 cm³/mol. The van der Waals surface area contributed by atoms with Crippen molar-refractivity contribution >= 4 is 68.5 Å². The zero-order valence-electron chi connectivity index (χ0n) is 25.3. The van der Waals surface area contributed by atoms with Crippen LogP contribution in [0, 0.1) is 6.92 Å². The Bertz CT molecular complexity index is 1680. The van der Waals surface area contributed by atoms with E-state index in [4.69, 9.17) is 14.2 Å². The van der Waals surface area contributed by atoms with Gasteiger partial charge in [-0.1, -0.05) is 57.3 Å². The van der Waals surface area contributed by atoms with Gasteiger partial charge in [0, 0.05) is 45.8 Å². The number of benzene rings is 3. The molecule has 1 aliphatic rings. The quantitative estimate of drug-likeness (QED) is 0.121. The lowest BCUT2D eigenvalue weighted by molar-refractivity contribution is 0.102. The Morgan fingerprint density at radius 3 is 2.36 bits per heavy atom. The van der Waals surface area contributed by atoms with Gasteiger partial charge in [0.15, 0.2) is 11.5 Å². The number of nitrogens with zero attached hydrogens (tertiary/aromatic N) is 3. The van der Waals surface area contributed by atoms with Crippen LogP contribution in [0.2, 0.25) is 0 Å². The van der Waals surface area contributed by atoms with Gasteiger partial charge in [-0.25, -0.2) is 9.78 Å². The van der Waals surface area contributed by atoms with Gasteiger partial charge >= 0.3 is 6.03 Å². The summed E-state index contributed by atoms with van der Waals surface area (Å²) in [5.74, 6) is 2.15. The molecule has 0 unspecified atom stereocenters. The van der Waals surface area contributed by atoms with Crippen molar-refractivity contribution in [3.05, 3.63) is 101 Å². The second-order valence-electron chi connectivity index (χ2n) is 10.5. The normalized spacial score (nSPS) is 13.0. The maximum atomic E-state index is 13.5. The van der Waals surface area contributed by atoms with Crippen molar-refractivity contribution in [2.24, 2.45) is 0 Å². The molecule has 2 heterocycles. The molecule has 3 amide bonds. The Morgan fingerprint density at radius 1 is 0.889 bits per heavy atom. The first-order valence-corrected chi connectivity index (χ1v) is 17.5. The number of rotatable bonds is 11. The molecule has 0 bridgehead atoms. The van der Waals surface area contributed by atoms with Crippen LogP contribution in [-0.2, 0) is 15.4 Å². The number of hydrogen-bond acceptors (Lipinski definition) is 6. The van der Waals surface area contributed by atoms with Gasteiger partial charge in [0.25, 0.3) is 5.91 Å². The molecule has 1 N–H and O–H groups in total. The molecule has 11 heteroatoms. The fraction of sp³-hybridized carbons (Fsp3) is 0.265. The molecule has 5 rings (SSSR count). The summed E-state index contributed by atoms with van der Waals surface area (Å²) >= 11 is 4.65. The van der Waals surface area contributed by atoms with Crippen LogP contribution in [0.1, 0.15) is 39.0 Å². The van der Waals surface area contributed by atoms with Crippen LogP contribution in [0.25, 0.3) is 0 Å². The van der Waals surface area contributed by atoms with E-state index < -0.39 is 0 Å². The lowest BCUT2D eigenvalue weighted by Gasteiger charge is -2.36. The molecule has 4 aromatic rings. The van der Waals surface area contributed by atoms with Crippen LogP contribution < -0.4 is 24.4 Å². The number of ether oxygens (including phenoxy) is 3. The second-order valence-corrected chi connectivity index (χ2v) is 12.1. The van der Waals surface area contributed by atoms with Crippen LogP contribution in [0.3, 0.4) is 0 Å². The smallest absolute Gasteiger partial charge is 0.324 e. The van der Waals surface area contributed by atoms with E-state index in [1.165, 1.54) is 5.56 Å². The predicted octanol–water partition coefficient (Wildman–Crippen LogP) is 8.15. The Labute approximate surface area is 290 Å². The number of aryl methyl sites for hydroxylation is 1. The number of carbonyl (C=O) groups is 2. The minimum Gasteiger partial charge on any atom is -0.493 e. The van der Waals surface area contributed by atoms with E-state index in [0.717, 1.165) is 37.7 Å². The average molecular weight is 832 g/mol. The van der Waals surface area contributed by atoms with Crippen molar-refractivity contribution in [3.8, 4) is 23.1 Å². The standard InChI is InChI=1S/C34H34I2N4O5/c1-22-15-28(40-14-4-13-39(34(40)42)21-23-5-10-30(43-2)31(16-23)44-3)9-11-29(22)45-32-12-8-27(20-37-32)38-33(41)24-6-7-25(18-35)26(17-24)19-36/h5-12,15-17,20H,4,13-14,18-19,21H2,1-3H3,(H,38,41).